The summed E-state index contributed by atoms with van der Waals surface area (Å²) in [5.74, 6) is 2.86. The predicted molar refractivity (Wildman–Crippen MR) is 67.9 cm³/mol. The third kappa shape index (κ3) is 1.83. The predicted octanol–water partition coefficient (Wildman–Crippen LogP) is 2.64. The maximum absolute atomic E-state index is 12.1. The molecule has 0 N–H and O–H groups in total. The van der Waals surface area contributed by atoms with Crippen LogP contribution in [0.25, 0.3) is 0 Å². The number of ketones is 1. The number of hydrogen-bond acceptors (Lipinski definition) is 3. The molecule has 18 heavy (non-hydrogen) atoms. The zero-order chi connectivity index (χ0) is 12.9. The molecular formula is C15H24O3. The first-order chi connectivity index (χ1) is 8.61. The molecule has 0 aromatic rings. The van der Waals surface area contributed by atoms with Gasteiger partial charge in [0.05, 0.1) is 6.10 Å². The van der Waals surface area contributed by atoms with Crippen molar-refractivity contribution in [1.82, 2.24) is 0 Å². The van der Waals surface area contributed by atoms with E-state index in [1.165, 1.54) is 12.8 Å². The van der Waals surface area contributed by atoms with E-state index in [-0.39, 0.29) is 18.3 Å². The second kappa shape index (κ2) is 4.61. The number of rotatable bonds is 1. The highest BCUT2D eigenvalue weighted by Gasteiger charge is 2.53. The minimum atomic E-state index is -0.0445. The second-order valence-corrected chi connectivity index (χ2v) is 6.52. The summed E-state index contributed by atoms with van der Waals surface area (Å²) in [6, 6.07) is 0. The summed E-state index contributed by atoms with van der Waals surface area (Å²) >= 11 is 0. The topological polar surface area (TPSA) is 35.5 Å². The number of methoxy groups -OCH3 is 1. The standard InChI is InChI=1S/C15H24O3/c1-8-4-5-10-6-13(17-3)18-15(10)14-9(2)12(16)7-11(8)14/h8-11,13-15H,4-7H2,1-3H3/t8-,9+,10-,11-,13?,14-,15-/m0/s1. The van der Waals surface area contributed by atoms with Crippen LogP contribution in [-0.4, -0.2) is 25.3 Å². The van der Waals surface area contributed by atoms with E-state index in [2.05, 4.69) is 13.8 Å². The van der Waals surface area contributed by atoms with E-state index >= 15 is 0 Å². The summed E-state index contributed by atoms with van der Waals surface area (Å²) in [6.45, 7) is 4.42. The van der Waals surface area contributed by atoms with Crippen molar-refractivity contribution in [2.24, 2.45) is 29.6 Å². The quantitative estimate of drug-likeness (QED) is 0.719. The van der Waals surface area contributed by atoms with Gasteiger partial charge < -0.3 is 9.47 Å². The van der Waals surface area contributed by atoms with Crippen LogP contribution in [0.3, 0.4) is 0 Å². The second-order valence-electron chi connectivity index (χ2n) is 6.52. The van der Waals surface area contributed by atoms with Crippen LogP contribution in [0.1, 0.15) is 39.5 Å². The Balaban J connectivity index is 1.87. The van der Waals surface area contributed by atoms with Crippen molar-refractivity contribution >= 4 is 5.78 Å². The lowest BCUT2D eigenvalue weighted by molar-refractivity contribution is -0.138. The first-order valence-corrected chi connectivity index (χ1v) is 7.32. The lowest BCUT2D eigenvalue weighted by Crippen LogP contribution is -2.33. The fourth-order valence-electron chi connectivity index (χ4n) is 4.50. The van der Waals surface area contributed by atoms with Crippen LogP contribution in [0, 0.1) is 29.6 Å². The molecule has 2 saturated carbocycles. The molecule has 1 aliphatic heterocycles. The molecule has 3 rings (SSSR count). The summed E-state index contributed by atoms with van der Waals surface area (Å²) < 4.78 is 11.5. The lowest BCUT2D eigenvalue weighted by atomic mass is 9.78. The van der Waals surface area contributed by atoms with Gasteiger partial charge in [0.15, 0.2) is 6.29 Å². The number of carbonyl (C=O) groups excluding carboxylic acids is 1. The van der Waals surface area contributed by atoms with Gasteiger partial charge in [0, 0.05) is 25.9 Å². The minimum Gasteiger partial charge on any atom is -0.356 e. The normalized spacial score (nSPS) is 51.9. The van der Waals surface area contributed by atoms with Crippen molar-refractivity contribution < 1.29 is 14.3 Å². The van der Waals surface area contributed by atoms with E-state index in [9.17, 15) is 4.79 Å². The van der Waals surface area contributed by atoms with E-state index in [0.29, 0.717) is 29.5 Å². The third-order valence-corrected chi connectivity index (χ3v) is 5.65. The maximum atomic E-state index is 12.1. The summed E-state index contributed by atoms with van der Waals surface area (Å²) in [5, 5.41) is 0. The molecule has 1 saturated heterocycles. The third-order valence-electron chi connectivity index (χ3n) is 5.65. The molecule has 0 radical (unpaired) electrons. The molecule has 7 atom stereocenters. The molecule has 2 aliphatic carbocycles. The van der Waals surface area contributed by atoms with E-state index in [1.807, 2.05) is 0 Å². The summed E-state index contributed by atoms with van der Waals surface area (Å²) in [6.07, 6.45) is 4.47. The van der Waals surface area contributed by atoms with Gasteiger partial charge in [0.1, 0.15) is 5.78 Å². The molecule has 3 aliphatic rings. The van der Waals surface area contributed by atoms with Crippen LogP contribution in [0.15, 0.2) is 0 Å². The first-order valence-electron chi connectivity index (χ1n) is 7.32. The molecule has 102 valence electrons. The lowest BCUT2D eigenvalue weighted by Gasteiger charge is -2.30. The Hall–Kier alpha value is -0.410. The van der Waals surface area contributed by atoms with Crippen molar-refractivity contribution in [2.75, 3.05) is 7.11 Å². The van der Waals surface area contributed by atoms with Gasteiger partial charge in [-0.15, -0.1) is 0 Å². The van der Waals surface area contributed by atoms with Gasteiger partial charge in [-0.2, -0.15) is 0 Å². The van der Waals surface area contributed by atoms with E-state index in [0.717, 1.165) is 12.8 Å². The average Bonchev–Trinajstić information content (AvgIpc) is 2.85. The largest absolute Gasteiger partial charge is 0.356 e. The molecular weight excluding hydrogens is 228 g/mol. The Morgan fingerprint density at radius 1 is 1.28 bits per heavy atom. The van der Waals surface area contributed by atoms with Gasteiger partial charge in [-0.05, 0) is 30.1 Å². The van der Waals surface area contributed by atoms with Gasteiger partial charge in [-0.1, -0.05) is 20.3 Å². The Morgan fingerprint density at radius 2 is 2.06 bits per heavy atom. The van der Waals surface area contributed by atoms with Gasteiger partial charge in [0.25, 0.3) is 0 Å². The molecule has 0 aromatic carbocycles. The van der Waals surface area contributed by atoms with E-state index in [1.54, 1.807) is 7.11 Å². The highest BCUT2D eigenvalue weighted by Crippen LogP contribution is 2.51. The van der Waals surface area contributed by atoms with Crippen LogP contribution < -0.4 is 0 Å². The number of carbonyl (C=O) groups is 1. The summed E-state index contributed by atoms with van der Waals surface area (Å²) in [7, 11) is 1.72. The average molecular weight is 252 g/mol. The molecule has 1 heterocycles. The SMILES string of the molecule is COC1C[C@@H]2CC[C@H](C)[C@@H]3CC(=O)[C@@H](C)[C@@H]3[C@H]2O1. The first kappa shape index (κ1) is 12.6. The van der Waals surface area contributed by atoms with Crippen molar-refractivity contribution in [3.05, 3.63) is 0 Å². The van der Waals surface area contributed by atoms with Crippen LogP contribution >= 0.6 is 0 Å². The Bertz CT molecular complexity index is 341. The summed E-state index contributed by atoms with van der Waals surface area (Å²) in [5.41, 5.74) is 0. The van der Waals surface area contributed by atoms with Crippen molar-refractivity contribution in [1.29, 1.82) is 0 Å². The number of ether oxygens (including phenoxy) is 2. The van der Waals surface area contributed by atoms with E-state index < -0.39 is 0 Å². The Labute approximate surface area is 109 Å². The highest BCUT2D eigenvalue weighted by atomic mass is 16.7. The number of hydrogen-bond donors (Lipinski definition) is 0. The Morgan fingerprint density at radius 3 is 2.78 bits per heavy atom. The van der Waals surface area contributed by atoms with Crippen molar-refractivity contribution in [2.45, 2.75) is 51.9 Å². The maximum Gasteiger partial charge on any atom is 0.157 e. The van der Waals surface area contributed by atoms with Crippen LogP contribution in [0.5, 0.6) is 0 Å². The smallest absolute Gasteiger partial charge is 0.157 e. The number of fused-ring (bicyclic) bond motifs is 3. The molecule has 3 nitrogen and oxygen atoms in total. The minimum absolute atomic E-state index is 0.0445. The van der Waals surface area contributed by atoms with Crippen molar-refractivity contribution in [3.63, 3.8) is 0 Å². The monoisotopic (exact) mass is 252 g/mol. The van der Waals surface area contributed by atoms with Gasteiger partial charge in [-0.3, -0.25) is 4.79 Å². The molecule has 1 unspecified atom stereocenters. The van der Waals surface area contributed by atoms with Crippen LogP contribution in [-0.2, 0) is 14.3 Å². The fourth-order valence-corrected chi connectivity index (χ4v) is 4.50. The fraction of sp³-hybridized carbons (Fsp3) is 0.933. The molecule has 3 fully saturated rings. The molecule has 0 aromatic heterocycles. The zero-order valence-corrected chi connectivity index (χ0v) is 11.6. The highest BCUT2D eigenvalue weighted by molar-refractivity contribution is 5.83. The summed E-state index contributed by atoms with van der Waals surface area (Å²) in [4.78, 5) is 12.1. The van der Waals surface area contributed by atoms with Crippen LogP contribution in [0.2, 0.25) is 0 Å². The van der Waals surface area contributed by atoms with E-state index in [4.69, 9.17) is 9.47 Å². The molecule has 0 spiro atoms. The molecule has 0 amide bonds. The Kier molecular flexibility index (Phi) is 3.23. The molecule has 3 heteroatoms. The van der Waals surface area contributed by atoms with Gasteiger partial charge >= 0.3 is 0 Å². The molecule has 0 bridgehead atoms. The zero-order valence-electron chi connectivity index (χ0n) is 11.6. The van der Waals surface area contributed by atoms with Gasteiger partial charge in [0.2, 0.25) is 0 Å². The number of Topliss-reactive ketones (excluding diaryl/α,β-unsaturated/α-hetero) is 1. The van der Waals surface area contributed by atoms with Gasteiger partial charge in [-0.25, -0.2) is 0 Å². The van der Waals surface area contributed by atoms with Crippen LogP contribution in [0.4, 0.5) is 0 Å². The van der Waals surface area contributed by atoms with Crippen molar-refractivity contribution in [3.8, 4) is 0 Å².